The number of rotatable bonds is 6. The predicted octanol–water partition coefficient (Wildman–Crippen LogP) is 4.96. The molecule has 1 amide bonds. The molecule has 25 heavy (non-hydrogen) atoms. The fourth-order valence-electron chi connectivity index (χ4n) is 3.44. The lowest BCUT2D eigenvalue weighted by Gasteiger charge is -2.33. The predicted molar refractivity (Wildman–Crippen MR) is 99.3 cm³/mol. The Hall–Kier alpha value is -1.84. The molecule has 0 heterocycles. The number of amides is 1. The van der Waals surface area contributed by atoms with Crippen molar-refractivity contribution >= 4 is 12.4 Å². The summed E-state index contributed by atoms with van der Waals surface area (Å²) in [5, 5.41) is 0. The first-order chi connectivity index (χ1) is 11.9. The summed E-state index contributed by atoms with van der Waals surface area (Å²) in [5.41, 5.74) is 0.424. The third-order valence-corrected chi connectivity index (χ3v) is 4.68. The van der Waals surface area contributed by atoms with E-state index in [9.17, 15) is 9.59 Å². The summed E-state index contributed by atoms with van der Waals surface area (Å²) >= 11 is 0. The van der Waals surface area contributed by atoms with Crippen LogP contribution in [-0.4, -0.2) is 28.9 Å². The first kappa shape index (κ1) is 19.5. The Morgan fingerprint density at radius 3 is 2.40 bits per heavy atom. The van der Waals surface area contributed by atoms with E-state index in [4.69, 9.17) is 4.74 Å². The lowest BCUT2D eigenvalue weighted by Crippen LogP contribution is -2.44. The average molecular weight is 345 g/mol. The average Bonchev–Trinajstić information content (AvgIpc) is 2.58. The monoisotopic (exact) mass is 345 g/mol. The van der Waals surface area contributed by atoms with Gasteiger partial charge < -0.3 is 9.53 Å². The molecule has 0 spiro atoms. The van der Waals surface area contributed by atoms with Crippen molar-refractivity contribution in [2.45, 2.75) is 77.5 Å². The van der Waals surface area contributed by atoms with Crippen LogP contribution >= 0.6 is 0 Å². The zero-order chi connectivity index (χ0) is 18.3. The van der Waals surface area contributed by atoms with Crippen molar-refractivity contribution in [3.8, 4) is 0 Å². The summed E-state index contributed by atoms with van der Waals surface area (Å²) in [6.45, 7) is 5.94. The number of aldehydes is 1. The lowest BCUT2D eigenvalue weighted by atomic mass is 9.84. The van der Waals surface area contributed by atoms with E-state index in [-0.39, 0.29) is 0 Å². The third-order valence-electron chi connectivity index (χ3n) is 4.68. The lowest BCUT2D eigenvalue weighted by molar-refractivity contribution is -0.113. The number of carbonyl (C=O) groups excluding carboxylic acids is 2. The molecule has 1 aromatic carbocycles. The number of benzene rings is 1. The highest BCUT2D eigenvalue weighted by Gasteiger charge is 2.30. The van der Waals surface area contributed by atoms with Crippen LogP contribution in [0.15, 0.2) is 30.3 Å². The number of ether oxygens (including phenoxy) is 1. The highest BCUT2D eigenvalue weighted by Crippen LogP contribution is 2.29. The van der Waals surface area contributed by atoms with Crippen LogP contribution in [0.2, 0.25) is 0 Å². The van der Waals surface area contributed by atoms with Gasteiger partial charge in [-0.05, 0) is 38.7 Å². The maximum Gasteiger partial charge on any atom is 0.411 e. The van der Waals surface area contributed by atoms with Crippen LogP contribution in [0, 0.1) is 5.92 Å². The summed E-state index contributed by atoms with van der Waals surface area (Å²) in [6, 6.07) is 9.35. The minimum absolute atomic E-state index is 0.395. The summed E-state index contributed by atoms with van der Waals surface area (Å²) < 4.78 is 5.57. The van der Waals surface area contributed by atoms with Crippen molar-refractivity contribution in [2.75, 3.05) is 0 Å². The van der Waals surface area contributed by atoms with Gasteiger partial charge in [0.2, 0.25) is 0 Å². The van der Waals surface area contributed by atoms with Crippen LogP contribution in [0.1, 0.15) is 64.9 Å². The highest BCUT2D eigenvalue weighted by atomic mass is 16.6. The molecule has 1 saturated carbocycles. The first-order valence-electron chi connectivity index (χ1n) is 9.38. The van der Waals surface area contributed by atoms with Gasteiger partial charge in [-0.15, -0.1) is 0 Å². The van der Waals surface area contributed by atoms with E-state index in [2.05, 4.69) is 0 Å². The fraction of sp³-hybridized carbons (Fsp3) is 0.619. The van der Waals surface area contributed by atoms with Crippen LogP contribution in [0.25, 0.3) is 0 Å². The van der Waals surface area contributed by atoms with E-state index in [1.165, 1.54) is 19.3 Å². The SMILES string of the molecule is CC(C)(C)OC(=O)N(Cc1ccccc1)[C@H](C=O)CC1CCCCC1. The zero-order valence-corrected chi connectivity index (χ0v) is 15.7. The quantitative estimate of drug-likeness (QED) is 0.685. The van der Waals surface area contributed by atoms with Crippen LogP contribution in [0.4, 0.5) is 4.79 Å². The normalized spacial score (nSPS) is 16.9. The topological polar surface area (TPSA) is 46.6 Å². The van der Waals surface area contributed by atoms with Gasteiger partial charge in [0.25, 0.3) is 0 Å². The third kappa shape index (κ3) is 6.52. The van der Waals surface area contributed by atoms with Crippen LogP contribution in [-0.2, 0) is 16.1 Å². The van der Waals surface area contributed by atoms with Gasteiger partial charge in [0.05, 0.1) is 6.04 Å². The summed E-state index contributed by atoms with van der Waals surface area (Å²) in [7, 11) is 0. The molecule has 1 aliphatic rings. The summed E-state index contributed by atoms with van der Waals surface area (Å²) in [4.78, 5) is 26.2. The Labute approximate surface area is 151 Å². The highest BCUT2D eigenvalue weighted by molar-refractivity contribution is 5.73. The molecule has 1 aliphatic carbocycles. The maximum atomic E-state index is 12.8. The Morgan fingerprint density at radius 2 is 1.84 bits per heavy atom. The second kappa shape index (κ2) is 9.02. The Bertz CT molecular complexity index is 544. The number of hydrogen-bond acceptors (Lipinski definition) is 3. The van der Waals surface area contributed by atoms with Gasteiger partial charge in [0, 0.05) is 6.54 Å². The second-order valence-corrected chi connectivity index (χ2v) is 8.04. The Morgan fingerprint density at radius 1 is 1.20 bits per heavy atom. The molecule has 1 fully saturated rings. The summed E-state index contributed by atoms with van der Waals surface area (Å²) in [6.07, 6.45) is 7.27. The molecule has 1 atom stereocenters. The zero-order valence-electron chi connectivity index (χ0n) is 15.7. The van der Waals surface area contributed by atoms with E-state index >= 15 is 0 Å². The van der Waals surface area contributed by atoms with Gasteiger partial charge in [-0.25, -0.2) is 4.79 Å². The number of carbonyl (C=O) groups is 2. The van der Waals surface area contributed by atoms with Crippen molar-refractivity contribution in [3.05, 3.63) is 35.9 Å². The molecule has 0 unspecified atom stereocenters. The van der Waals surface area contributed by atoms with Crippen molar-refractivity contribution in [2.24, 2.45) is 5.92 Å². The molecule has 4 nitrogen and oxygen atoms in total. The van der Waals surface area contributed by atoms with Gasteiger partial charge in [0.1, 0.15) is 11.9 Å². The molecule has 0 aliphatic heterocycles. The van der Waals surface area contributed by atoms with Gasteiger partial charge >= 0.3 is 6.09 Å². The molecule has 0 N–H and O–H groups in total. The van der Waals surface area contributed by atoms with Gasteiger partial charge in [0.15, 0.2) is 0 Å². The number of nitrogens with zero attached hydrogens (tertiary/aromatic N) is 1. The molecular formula is C21H31NO3. The van der Waals surface area contributed by atoms with Crippen molar-refractivity contribution in [3.63, 3.8) is 0 Å². The van der Waals surface area contributed by atoms with Crippen molar-refractivity contribution in [1.29, 1.82) is 0 Å². The summed E-state index contributed by atoms with van der Waals surface area (Å²) in [5.74, 6) is 0.518. The Kier molecular flexibility index (Phi) is 7.03. The second-order valence-electron chi connectivity index (χ2n) is 8.04. The van der Waals surface area contributed by atoms with Crippen LogP contribution in [0.5, 0.6) is 0 Å². The van der Waals surface area contributed by atoms with Crippen LogP contribution < -0.4 is 0 Å². The standard InChI is InChI=1S/C21H31NO3/c1-21(2,3)25-20(24)22(15-18-12-8-5-9-13-18)19(16-23)14-17-10-6-4-7-11-17/h5,8-9,12-13,16-17,19H,4,6-7,10-11,14-15H2,1-3H3/t19-/m0/s1. The Balaban J connectivity index is 2.14. The molecule has 2 rings (SSSR count). The largest absolute Gasteiger partial charge is 0.444 e. The fourth-order valence-corrected chi connectivity index (χ4v) is 3.44. The van der Waals surface area contributed by atoms with E-state index in [1.807, 2.05) is 51.1 Å². The van der Waals surface area contributed by atoms with E-state index in [1.54, 1.807) is 4.90 Å². The van der Waals surface area contributed by atoms with Gasteiger partial charge in [-0.2, -0.15) is 0 Å². The van der Waals surface area contributed by atoms with Gasteiger partial charge in [-0.1, -0.05) is 62.4 Å². The minimum Gasteiger partial charge on any atom is -0.444 e. The van der Waals surface area contributed by atoms with E-state index in [0.717, 1.165) is 31.1 Å². The molecule has 0 saturated heterocycles. The number of hydrogen-bond donors (Lipinski definition) is 0. The molecule has 0 bridgehead atoms. The van der Waals surface area contributed by atoms with Crippen LogP contribution in [0.3, 0.4) is 0 Å². The van der Waals surface area contributed by atoms with E-state index < -0.39 is 17.7 Å². The first-order valence-corrected chi connectivity index (χ1v) is 9.38. The van der Waals surface area contributed by atoms with Crippen molar-refractivity contribution < 1.29 is 14.3 Å². The molecular weight excluding hydrogens is 314 g/mol. The smallest absolute Gasteiger partial charge is 0.411 e. The van der Waals surface area contributed by atoms with Gasteiger partial charge in [-0.3, -0.25) is 4.90 Å². The molecule has 0 radical (unpaired) electrons. The minimum atomic E-state index is -0.579. The van der Waals surface area contributed by atoms with Crippen molar-refractivity contribution in [1.82, 2.24) is 4.90 Å². The molecule has 4 heteroatoms. The molecule has 0 aromatic heterocycles. The maximum absolute atomic E-state index is 12.8. The molecule has 1 aromatic rings. The molecule has 138 valence electrons. The van der Waals surface area contributed by atoms with E-state index in [0.29, 0.717) is 12.5 Å².